The Morgan fingerprint density at radius 1 is 1.22 bits per heavy atom. The number of hydrogen-bond acceptors (Lipinski definition) is 4. The number of hydrogen-bond donors (Lipinski definition) is 3. The largest absolute Gasteiger partial charge is 0.370 e. The molecule has 1 amide bonds. The second-order valence-corrected chi connectivity index (χ2v) is 10.7. The first-order valence-corrected chi connectivity index (χ1v) is 12.7. The number of guanidine groups is 1. The third kappa shape index (κ3) is 5.51. The first-order valence-electron chi connectivity index (χ1n) is 12.7. The number of aromatic nitrogens is 1. The first kappa shape index (κ1) is 23.2. The number of carbonyl (C=O) groups is 1. The van der Waals surface area contributed by atoms with Gasteiger partial charge in [0.05, 0.1) is 5.41 Å². The Morgan fingerprint density at radius 2 is 2.00 bits per heavy atom. The van der Waals surface area contributed by atoms with Crippen molar-refractivity contribution in [3.8, 4) is 0 Å². The summed E-state index contributed by atoms with van der Waals surface area (Å²) in [6, 6.07) is 4.61. The lowest BCUT2D eigenvalue weighted by atomic mass is 9.76. The SMILES string of the molecule is CN(C(=N)N)C(=O)[C@@]1(CC2CCC[C@@H](NCc3cccnc3)C2)CC1CC1CCCCC1. The predicted molar refractivity (Wildman–Crippen MR) is 128 cm³/mol. The summed E-state index contributed by atoms with van der Waals surface area (Å²) in [7, 11) is 1.68. The first-order chi connectivity index (χ1) is 15.5. The minimum Gasteiger partial charge on any atom is -0.370 e. The van der Waals surface area contributed by atoms with Gasteiger partial charge in [0.1, 0.15) is 0 Å². The van der Waals surface area contributed by atoms with Gasteiger partial charge < -0.3 is 11.1 Å². The van der Waals surface area contributed by atoms with Gasteiger partial charge in [-0.2, -0.15) is 0 Å². The van der Waals surface area contributed by atoms with E-state index in [-0.39, 0.29) is 17.3 Å². The number of pyridine rings is 1. The fourth-order valence-electron chi connectivity index (χ4n) is 6.50. The maximum absolute atomic E-state index is 13.5. The van der Waals surface area contributed by atoms with E-state index in [1.165, 1.54) is 68.3 Å². The molecule has 6 heteroatoms. The van der Waals surface area contributed by atoms with Crippen molar-refractivity contribution in [2.45, 2.75) is 89.6 Å². The average molecular weight is 440 g/mol. The summed E-state index contributed by atoms with van der Waals surface area (Å²) in [5, 5.41) is 11.5. The molecule has 1 aromatic heterocycles. The van der Waals surface area contributed by atoms with E-state index in [9.17, 15) is 4.79 Å². The molecule has 3 aliphatic carbocycles. The van der Waals surface area contributed by atoms with Crippen LogP contribution in [0.25, 0.3) is 0 Å². The molecule has 3 aliphatic rings. The third-order valence-corrected chi connectivity index (χ3v) is 8.42. The van der Waals surface area contributed by atoms with Crippen LogP contribution in [0.5, 0.6) is 0 Å². The summed E-state index contributed by atoms with van der Waals surface area (Å²) < 4.78 is 0. The van der Waals surface area contributed by atoms with Crippen molar-refractivity contribution in [3.05, 3.63) is 30.1 Å². The lowest BCUT2D eigenvalue weighted by Crippen LogP contribution is -2.44. The van der Waals surface area contributed by atoms with Crippen molar-refractivity contribution in [2.75, 3.05) is 7.05 Å². The Kier molecular flexibility index (Phi) is 7.49. The summed E-state index contributed by atoms with van der Waals surface area (Å²) in [5.74, 6) is 1.79. The molecule has 1 heterocycles. The normalized spacial score (nSPS) is 30.6. The van der Waals surface area contributed by atoms with Crippen molar-refractivity contribution in [1.82, 2.24) is 15.2 Å². The fraction of sp³-hybridized carbons (Fsp3) is 0.731. The van der Waals surface area contributed by atoms with Gasteiger partial charge in [-0.25, -0.2) is 0 Å². The van der Waals surface area contributed by atoms with Crippen molar-refractivity contribution >= 4 is 11.9 Å². The molecule has 3 saturated carbocycles. The number of nitrogens with one attached hydrogen (secondary N) is 2. The van der Waals surface area contributed by atoms with Gasteiger partial charge >= 0.3 is 0 Å². The highest BCUT2D eigenvalue weighted by atomic mass is 16.2. The van der Waals surface area contributed by atoms with Gasteiger partial charge in [0.25, 0.3) is 0 Å². The van der Waals surface area contributed by atoms with E-state index in [2.05, 4.69) is 16.4 Å². The molecular formula is C26H41N5O. The number of nitrogens with zero attached hydrogens (tertiary/aromatic N) is 2. The van der Waals surface area contributed by atoms with Crippen LogP contribution >= 0.6 is 0 Å². The average Bonchev–Trinajstić information content (AvgIpc) is 3.50. The zero-order chi connectivity index (χ0) is 22.6. The highest BCUT2D eigenvalue weighted by molar-refractivity contribution is 5.99. The van der Waals surface area contributed by atoms with Gasteiger partial charge in [-0.3, -0.25) is 20.1 Å². The third-order valence-electron chi connectivity index (χ3n) is 8.42. The van der Waals surface area contributed by atoms with Crippen LogP contribution in [-0.4, -0.2) is 34.8 Å². The zero-order valence-corrected chi connectivity index (χ0v) is 19.7. The minimum absolute atomic E-state index is 0.0938. The topological polar surface area (TPSA) is 95.1 Å². The molecule has 4 atom stereocenters. The smallest absolute Gasteiger partial charge is 0.235 e. The van der Waals surface area contributed by atoms with Gasteiger partial charge in [0.2, 0.25) is 5.91 Å². The van der Waals surface area contributed by atoms with Crippen molar-refractivity contribution in [3.63, 3.8) is 0 Å². The fourth-order valence-corrected chi connectivity index (χ4v) is 6.50. The van der Waals surface area contributed by atoms with Gasteiger partial charge in [-0.1, -0.05) is 51.0 Å². The maximum Gasteiger partial charge on any atom is 0.235 e. The Hall–Kier alpha value is -1.95. The van der Waals surface area contributed by atoms with E-state index >= 15 is 0 Å². The quantitative estimate of drug-likeness (QED) is 0.412. The molecule has 0 bridgehead atoms. The van der Waals surface area contributed by atoms with Gasteiger partial charge in [0.15, 0.2) is 5.96 Å². The molecule has 3 fully saturated rings. The van der Waals surface area contributed by atoms with E-state index in [0.717, 1.165) is 31.7 Å². The summed E-state index contributed by atoms with van der Waals surface area (Å²) in [6.45, 7) is 0.854. The second kappa shape index (κ2) is 10.3. The predicted octanol–water partition coefficient (Wildman–Crippen LogP) is 4.45. The number of amides is 1. The number of rotatable bonds is 8. The van der Waals surface area contributed by atoms with E-state index in [0.29, 0.717) is 17.9 Å². The molecular weight excluding hydrogens is 398 g/mol. The van der Waals surface area contributed by atoms with Crippen LogP contribution in [0.2, 0.25) is 0 Å². The molecule has 4 rings (SSSR count). The molecule has 0 radical (unpaired) electrons. The Labute approximate surface area is 193 Å². The van der Waals surface area contributed by atoms with Gasteiger partial charge in [-0.05, 0) is 61.5 Å². The molecule has 32 heavy (non-hydrogen) atoms. The van der Waals surface area contributed by atoms with E-state index in [1.54, 1.807) is 7.05 Å². The summed E-state index contributed by atoms with van der Waals surface area (Å²) >= 11 is 0. The molecule has 1 aromatic rings. The lowest BCUT2D eigenvalue weighted by molar-refractivity contribution is -0.133. The van der Waals surface area contributed by atoms with Gasteiger partial charge in [-0.15, -0.1) is 0 Å². The van der Waals surface area contributed by atoms with E-state index in [1.807, 2.05) is 18.5 Å². The van der Waals surface area contributed by atoms with Crippen LogP contribution in [-0.2, 0) is 11.3 Å². The van der Waals surface area contributed by atoms with Crippen LogP contribution in [0.15, 0.2) is 24.5 Å². The molecule has 4 N–H and O–H groups in total. The molecule has 0 spiro atoms. The number of carbonyl (C=O) groups excluding carboxylic acids is 1. The number of nitrogens with two attached hydrogens (primary N) is 1. The maximum atomic E-state index is 13.5. The van der Waals surface area contributed by atoms with Gasteiger partial charge in [0, 0.05) is 32.0 Å². The highest BCUT2D eigenvalue weighted by Crippen LogP contribution is 2.62. The molecule has 2 unspecified atom stereocenters. The molecule has 6 nitrogen and oxygen atoms in total. The molecule has 0 aromatic carbocycles. The minimum atomic E-state index is -0.284. The molecule has 0 aliphatic heterocycles. The Morgan fingerprint density at radius 3 is 2.72 bits per heavy atom. The monoisotopic (exact) mass is 439 g/mol. The van der Waals surface area contributed by atoms with Crippen molar-refractivity contribution < 1.29 is 4.79 Å². The van der Waals surface area contributed by atoms with E-state index < -0.39 is 0 Å². The Balaban J connectivity index is 1.38. The highest BCUT2D eigenvalue weighted by Gasteiger charge is 2.61. The van der Waals surface area contributed by atoms with Crippen LogP contribution in [0.1, 0.15) is 82.6 Å². The van der Waals surface area contributed by atoms with E-state index in [4.69, 9.17) is 11.1 Å². The van der Waals surface area contributed by atoms with Crippen LogP contribution in [0, 0.1) is 28.6 Å². The van der Waals surface area contributed by atoms with Crippen molar-refractivity contribution in [1.29, 1.82) is 5.41 Å². The van der Waals surface area contributed by atoms with Crippen LogP contribution in [0.3, 0.4) is 0 Å². The standard InChI is InChI=1S/C26H41N5O/c1-31(25(27)28)24(32)26(16-22(26)13-19-7-3-2-4-8-19)15-20-9-5-11-23(14-20)30-18-21-10-6-12-29-17-21/h6,10,12,17,19-20,22-23,30H,2-5,7-9,11,13-16,18H2,1H3,(H3,27,28)/t20?,22?,23-,26+/m1/s1. The van der Waals surface area contributed by atoms with Crippen LogP contribution in [0.4, 0.5) is 0 Å². The summed E-state index contributed by atoms with van der Waals surface area (Å²) in [5.41, 5.74) is 6.65. The summed E-state index contributed by atoms with van der Waals surface area (Å²) in [4.78, 5) is 19.1. The van der Waals surface area contributed by atoms with Crippen molar-refractivity contribution in [2.24, 2.45) is 28.9 Å². The van der Waals surface area contributed by atoms with Crippen LogP contribution < -0.4 is 11.1 Å². The Bertz CT molecular complexity index is 778. The zero-order valence-electron chi connectivity index (χ0n) is 19.7. The summed E-state index contributed by atoms with van der Waals surface area (Å²) in [6.07, 6.45) is 18.4. The molecule has 0 saturated heterocycles. The lowest BCUT2D eigenvalue weighted by Gasteiger charge is -2.34. The second-order valence-electron chi connectivity index (χ2n) is 10.7. The molecule has 176 valence electrons.